The Morgan fingerprint density at radius 2 is 1.66 bits per heavy atom. The lowest BCUT2D eigenvalue weighted by Crippen LogP contribution is -2.15. The van der Waals surface area contributed by atoms with Crippen LogP contribution in [0, 0.1) is 6.92 Å². The van der Waals surface area contributed by atoms with E-state index in [1.807, 2.05) is 13.0 Å². The van der Waals surface area contributed by atoms with Gasteiger partial charge < -0.3 is 14.8 Å². The maximum Gasteiger partial charge on any atom is 0.162 e. The molecule has 0 aliphatic heterocycles. The molecule has 160 valence electrons. The standard InChI is InChI=1S/C25H36BrNO2/c1-4-6-7-8-9-10-14-27-18-22-16-24(28-5-2)25(17-23(22)26)29-19-21-13-11-12-20(3)15-21/h11-13,15-17,27H,4-10,14,18-19H2,1-3H3. The van der Waals surface area contributed by atoms with Crippen molar-refractivity contribution in [2.24, 2.45) is 0 Å². The van der Waals surface area contributed by atoms with Crippen molar-refractivity contribution in [2.75, 3.05) is 13.2 Å². The van der Waals surface area contributed by atoms with Crippen LogP contribution in [0.4, 0.5) is 0 Å². The smallest absolute Gasteiger partial charge is 0.162 e. The van der Waals surface area contributed by atoms with Crippen LogP contribution >= 0.6 is 15.9 Å². The van der Waals surface area contributed by atoms with Gasteiger partial charge in [0.05, 0.1) is 6.61 Å². The van der Waals surface area contributed by atoms with Gasteiger partial charge in [-0.15, -0.1) is 0 Å². The van der Waals surface area contributed by atoms with Gasteiger partial charge in [0.25, 0.3) is 0 Å². The van der Waals surface area contributed by atoms with E-state index in [4.69, 9.17) is 9.47 Å². The first-order valence-corrected chi connectivity index (χ1v) is 11.8. The van der Waals surface area contributed by atoms with Crippen molar-refractivity contribution in [3.63, 3.8) is 0 Å². The third kappa shape index (κ3) is 8.79. The predicted molar refractivity (Wildman–Crippen MR) is 126 cm³/mol. The molecule has 0 spiro atoms. The van der Waals surface area contributed by atoms with Gasteiger partial charge in [0.2, 0.25) is 0 Å². The van der Waals surface area contributed by atoms with Crippen LogP contribution in [0.15, 0.2) is 40.9 Å². The molecular formula is C25H36BrNO2. The van der Waals surface area contributed by atoms with Crippen molar-refractivity contribution in [3.05, 3.63) is 57.6 Å². The molecule has 1 N–H and O–H groups in total. The van der Waals surface area contributed by atoms with Gasteiger partial charge in [0.1, 0.15) is 6.61 Å². The van der Waals surface area contributed by atoms with Crippen LogP contribution in [-0.4, -0.2) is 13.2 Å². The Hall–Kier alpha value is -1.52. The van der Waals surface area contributed by atoms with Crippen molar-refractivity contribution in [1.29, 1.82) is 0 Å². The average molecular weight is 462 g/mol. The van der Waals surface area contributed by atoms with Gasteiger partial charge in [-0.25, -0.2) is 0 Å². The van der Waals surface area contributed by atoms with E-state index in [0.29, 0.717) is 13.2 Å². The normalized spacial score (nSPS) is 10.9. The predicted octanol–water partition coefficient (Wildman–Crippen LogP) is 7.19. The van der Waals surface area contributed by atoms with Crippen molar-refractivity contribution < 1.29 is 9.47 Å². The molecule has 2 aromatic rings. The number of hydrogen-bond donors (Lipinski definition) is 1. The lowest BCUT2D eigenvalue weighted by Gasteiger charge is -2.16. The molecule has 0 aromatic heterocycles. The summed E-state index contributed by atoms with van der Waals surface area (Å²) >= 11 is 3.71. The van der Waals surface area contributed by atoms with Gasteiger partial charge in [0.15, 0.2) is 11.5 Å². The molecule has 0 saturated heterocycles. The molecular weight excluding hydrogens is 426 g/mol. The molecule has 0 saturated carbocycles. The summed E-state index contributed by atoms with van der Waals surface area (Å²) < 4.78 is 13.0. The van der Waals surface area contributed by atoms with E-state index < -0.39 is 0 Å². The van der Waals surface area contributed by atoms with E-state index in [1.165, 1.54) is 49.7 Å². The first-order chi connectivity index (χ1) is 14.1. The zero-order valence-corrected chi connectivity index (χ0v) is 19.8. The second kappa shape index (κ2) is 13.7. The molecule has 0 unspecified atom stereocenters. The number of nitrogens with one attached hydrogen (secondary N) is 1. The van der Waals surface area contributed by atoms with E-state index in [-0.39, 0.29) is 0 Å². The van der Waals surface area contributed by atoms with Crippen LogP contribution in [0.5, 0.6) is 11.5 Å². The van der Waals surface area contributed by atoms with Crippen molar-refractivity contribution >= 4 is 15.9 Å². The quantitative estimate of drug-likeness (QED) is 0.302. The number of unbranched alkanes of at least 4 members (excludes halogenated alkanes) is 5. The Morgan fingerprint density at radius 1 is 0.897 bits per heavy atom. The first kappa shape index (κ1) is 23.8. The minimum Gasteiger partial charge on any atom is -0.490 e. The summed E-state index contributed by atoms with van der Waals surface area (Å²) in [4.78, 5) is 0. The number of rotatable bonds is 14. The second-order valence-corrected chi connectivity index (χ2v) is 8.40. The highest BCUT2D eigenvalue weighted by Crippen LogP contribution is 2.34. The Labute approximate surface area is 185 Å². The Morgan fingerprint density at radius 3 is 2.41 bits per heavy atom. The molecule has 0 atom stereocenters. The first-order valence-electron chi connectivity index (χ1n) is 11.0. The fraction of sp³-hybridized carbons (Fsp3) is 0.520. The summed E-state index contributed by atoms with van der Waals surface area (Å²) in [5, 5.41) is 3.56. The van der Waals surface area contributed by atoms with Crippen LogP contribution in [0.2, 0.25) is 0 Å². The number of benzene rings is 2. The lowest BCUT2D eigenvalue weighted by molar-refractivity contribution is 0.268. The van der Waals surface area contributed by atoms with Gasteiger partial charge >= 0.3 is 0 Å². The summed E-state index contributed by atoms with van der Waals surface area (Å²) in [5.41, 5.74) is 3.60. The van der Waals surface area contributed by atoms with Crippen LogP contribution in [0.3, 0.4) is 0 Å². The highest BCUT2D eigenvalue weighted by Gasteiger charge is 2.11. The second-order valence-electron chi connectivity index (χ2n) is 7.55. The monoisotopic (exact) mass is 461 g/mol. The minimum absolute atomic E-state index is 0.532. The van der Waals surface area contributed by atoms with Crippen molar-refractivity contribution in [1.82, 2.24) is 5.32 Å². The summed E-state index contributed by atoms with van der Waals surface area (Å²) in [6.45, 7) is 9.38. The Bertz CT molecular complexity index is 733. The number of aryl methyl sites for hydroxylation is 1. The van der Waals surface area contributed by atoms with E-state index in [2.05, 4.69) is 65.4 Å². The molecule has 29 heavy (non-hydrogen) atoms. The lowest BCUT2D eigenvalue weighted by atomic mass is 10.1. The van der Waals surface area contributed by atoms with Gasteiger partial charge in [-0.3, -0.25) is 0 Å². The molecule has 0 bridgehead atoms. The van der Waals surface area contributed by atoms with Gasteiger partial charge in [0, 0.05) is 11.0 Å². The third-order valence-corrected chi connectivity index (χ3v) is 5.65. The molecule has 0 fully saturated rings. The molecule has 0 radical (unpaired) electrons. The van der Waals surface area contributed by atoms with E-state index in [0.717, 1.165) is 34.6 Å². The zero-order valence-electron chi connectivity index (χ0n) is 18.2. The average Bonchev–Trinajstić information content (AvgIpc) is 2.71. The van der Waals surface area contributed by atoms with Gasteiger partial charge in [-0.2, -0.15) is 0 Å². The topological polar surface area (TPSA) is 30.5 Å². The highest BCUT2D eigenvalue weighted by molar-refractivity contribution is 9.10. The molecule has 0 amide bonds. The molecule has 3 nitrogen and oxygen atoms in total. The van der Waals surface area contributed by atoms with Crippen LogP contribution in [0.1, 0.15) is 69.1 Å². The fourth-order valence-corrected chi connectivity index (χ4v) is 3.77. The Balaban J connectivity index is 1.89. The van der Waals surface area contributed by atoms with Crippen molar-refractivity contribution in [2.45, 2.75) is 72.4 Å². The van der Waals surface area contributed by atoms with Gasteiger partial charge in [-0.1, -0.05) is 84.8 Å². The van der Waals surface area contributed by atoms with Gasteiger partial charge in [-0.05, 0) is 50.1 Å². The summed E-state index contributed by atoms with van der Waals surface area (Å²) in [5.74, 6) is 1.58. The largest absolute Gasteiger partial charge is 0.490 e. The zero-order chi connectivity index (χ0) is 20.9. The van der Waals surface area contributed by atoms with Crippen LogP contribution in [0.25, 0.3) is 0 Å². The van der Waals surface area contributed by atoms with Crippen LogP contribution < -0.4 is 14.8 Å². The van der Waals surface area contributed by atoms with E-state index in [9.17, 15) is 0 Å². The molecule has 0 aliphatic carbocycles. The molecule has 0 aliphatic rings. The van der Waals surface area contributed by atoms with E-state index in [1.54, 1.807) is 0 Å². The Kier molecular flexibility index (Phi) is 11.2. The highest BCUT2D eigenvalue weighted by atomic mass is 79.9. The SMILES string of the molecule is CCCCCCCCNCc1cc(OCC)c(OCc2cccc(C)c2)cc1Br. The maximum atomic E-state index is 6.08. The fourth-order valence-electron chi connectivity index (χ4n) is 3.31. The van der Waals surface area contributed by atoms with Crippen molar-refractivity contribution in [3.8, 4) is 11.5 Å². The van der Waals surface area contributed by atoms with Crippen LogP contribution in [-0.2, 0) is 13.2 Å². The number of ether oxygens (including phenoxy) is 2. The summed E-state index contributed by atoms with van der Waals surface area (Å²) in [6, 6.07) is 12.5. The molecule has 2 rings (SSSR count). The number of halogens is 1. The summed E-state index contributed by atoms with van der Waals surface area (Å²) in [6.07, 6.45) is 7.92. The molecule has 4 heteroatoms. The third-order valence-electron chi connectivity index (χ3n) is 4.91. The van der Waals surface area contributed by atoms with E-state index >= 15 is 0 Å². The summed E-state index contributed by atoms with van der Waals surface area (Å²) in [7, 11) is 0. The number of hydrogen-bond acceptors (Lipinski definition) is 3. The maximum absolute atomic E-state index is 6.08. The minimum atomic E-state index is 0.532. The molecule has 0 heterocycles. The molecule has 2 aromatic carbocycles.